The molecule has 3 heterocycles. The predicted molar refractivity (Wildman–Crippen MR) is 117 cm³/mol. The number of carbonyl (C=O) groups is 1. The van der Waals surface area contributed by atoms with Crippen molar-refractivity contribution in [3.05, 3.63) is 64.4 Å². The third-order valence-electron chi connectivity index (χ3n) is 4.40. The number of amides is 1. The Labute approximate surface area is 183 Å². The zero-order valence-corrected chi connectivity index (χ0v) is 17.3. The third-order valence-corrected chi connectivity index (χ3v) is 5.03. The molecular formula is C20H18Cl2N6O2. The molecule has 1 aliphatic rings. The second-order valence-electron chi connectivity index (χ2n) is 6.45. The van der Waals surface area contributed by atoms with Crippen LogP contribution >= 0.6 is 23.2 Å². The monoisotopic (exact) mass is 444 g/mol. The van der Waals surface area contributed by atoms with Crippen molar-refractivity contribution >= 4 is 52.4 Å². The van der Waals surface area contributed by atoms with E-state index in [4.69, 9.17) is 27.9 Å². The van der Waals surface area contributed by atoms with Gasteiger partial charge in [0.2, 0.25) is 5.95 Å². The van der Waals surface area contributed by atoms with Crippen LogP contribution in [0.4, 0.5) is 23.3 Å². The molecule has 0 bridgehead atoms. The highest BCUT2D eigenvalue weighted by molar-refractivity contribution is 6.40. The number of halogens is 2. The number of pyridine rings is 1. The van der Waals surface area contributed by atoms with Crippen LogP contribution in [0.2, 0.25) is 10.0 Å². The second-order valence-corrected chi connectivity index (χ2v) is 7.26. The number of morpholine rings is 1. The number of aromatic nitrogens is 3. The number of rotatable bonds is 5. The minimum Gasteiger partial charge on any atom is -0.378 e. The lowest BCUT2D eigenvalue weighted by Gasteiger charge is -2.26. The van der Waals surface area contributed by atoms with Crippen molar-refractivity contribution in [3.63, 3.8) is 0 Å². The Morgan fingerprint density at radius 1 is 1.00 bits per heavy atom. The topological polar surface area (TPSA) is 92.3 Å². The number of hydrogen-bond donors (Lipinski definition) is 2. The summed E-state index contributed by atoms with van der Waals surface area (Å²) in [4.78, 5) is 27.8. The summed E-state index contributed by atoms with van der Waals surface area (Å²) in [5.74, 6) is 1.34. The number of hydrogen-bond acceptors (Lipinski definition) is 7. The van der Waals surface area contributed by atoms with Gasteiger partial charge in [-0.2, -0.15) is 4.98 Å². The van der Waals surface area contributed by atoms with E-state index in [1.54, 1.807) is 48.8 Å². The quantitative estimate of drug-likeness (QED) is 0.613. The number of nitrogens with zero attached hydrogens (tertiary/aromatic N) is 4. The van der Waals surface area contributed by atoms with Gasteiger partial charge in [0.15, 0.2) is 0 Å². The van der Waals surface area contributed by atoms with Crippen LogP contribution in [0.5, 0.6) is 0 Å². The fourth-order valence-electron chi connectivity index (χ4n) is 2.95. The Morgan fingerprint density at radius 2 is 1.73 bits per heavy atom. The Hall–Kier alpha value is -2.94. The van der Waals surface area contributed by atoms with Crippen LogP contribution in [0.1, 0.15) is 10.4 Å². The van der Waals surface area contributed by atoms with E-state index in [9.17, 15) is 4.79 Å². The molecule has 0 unspecified atom stereocenters. The van der Waals surface area contributed by atoms with Crippen molar-refractivity contribution in [3.8, 4) is 0 Å². The molecule has 154 valence electrons. The van der Waals surface area contributed by atoms with E-state index in [1.165, 1.54) is 0 Å². The molecule has 1 aromatic carbocycles. The van der Waals surface area contributed by atoms with E-state index in [0.29, 0.717) is 36.5 Å². The molecule has 8 nitrogen and oxygen atoms in total. The standard InChI is InChI=1S/C20H18Cl2N6O2/c21-14-2-1-3-15(22)18(14)19(29)25-13-4-6-23-17(12-13)26-16-5-7-24-20(27-16)28-8-10-30-11-9-28/h1-7,12H,8-11H2,(H2,23,24,25,26,27,29). The minimum atomic E-state index is -0.403. The molecule has 0 atom stereocenters. The second kappa shape index (κ2) is 9.25. The maximum absolute atomic E-state index is 12.6. The molecule has 2 N–H and O–H groups in total. The fraction of sp³-hybridized carbons (Fsp3) is 0.200. The Kier molecular flexibility index (Phi) is 6.27. The van der Waals surface area contributed by atoms with Gasteiger partial charge in [0.05, 0.1) is 28.8 Å². The van der Waals surface area contributed by atoms with Gasteiger partial charge < -0.3 is 20.3 Å². The predicted octanol–water partition coefficient (Wildman–Crippen LogP) is 4.01. The van der Waals surface area contributed by atoms with Gasteiger partial charge in [-0.3, -0.25) is 4.79 Å². The molecular weight excluding hydrogens is 427 g/mol. The summed E-state index contributed by atoms with van der Waals surface area (Å²) in [6.07, 6.45) is 3.27. The smallest absolute Gasteiger partial charge is 0.258 e. The summed E-state index contributed by atoms with van der Waals surface area (Å²) in [5.41, 5.74) is 0.758. The van der Waals surface area contributed by atoms with Crippen LogP contribution in [0.15, 0.2) is 48.8 Å². The van der Waals surface area contributed by atoms with Crippen molar-refractivity contribution in [2.24, 2.45) is 0 Å². The number of ether oxygens (including phenoxy) is 1. The summed E-state index contributed by atoms with van der Waals surface area (Å²) in [6.45, 7) is 2.79. The first kappa shape index (κ1) is 20.3. The molecule has 2 aromatic heterocycles. The van der Waals surface area contributed by atoms with E-state index in [1.807, 2.05) is 0 Å². The molecule has 1 fully saturated rings. The molecule has 1 saturated heterocycles. The first-order chi connectivity index (χ1) is 14.6. The first-order valence-electron chi connectivity index (χ1n) is 9.24. The highest BCUT2D eigenvalue weighted by atomic mass is 35.5. The zero-order valence-electron chi connectivity index (χ0n) is 15.8. The van der Waals surface area contributed by atoms with Crippen molar-refractivity contribution in [2.45, 2.75) is 0 Å². The third kappa shape index (κ3) is 4.79. The van der Waals surface area contributed by atoms with E-state index in [0.717, 1.165) is 13.1 Å². The maximum atomic E-state index is 12.6. The van der Waals surface area contributed by atoms with E-state index >= 15 is 0 Å². The van der Waals surface area contributed by atoms with Gasteiger partial charge >= 0.3 is 0 Å². The van der Waals surface area contributed by atoms with Crippen LogP contribution in [0.25, 0.3) is 0 Å². The highest BCUT2D eigenvalue weighted by Gasteiger charge is 2.16. The van der Waals surface area contributed by atoms with Crippen molar-refractivity contribution in [2.75, 3.05) is 41.8 Å². The lowest BCUT2D eigenvalue weighted by atomic mass is 10.2. The number of anilines is 4. The van der Waals surface area contributed by atoms with E-state index in [-0.39, 0.29) is 15.6 Å². The van der Waals surface area contributed by atoms with Crippen molar-refractivity contribution in [1.29, 1.82) is 0 Å². The molecule has 4 rings (SSSR count). The van der Waals surface area contributed by atoms with Gasteiger partial charge in [0.25, 0.3) is 5.91 Å². The fourth-order valence-corrected chi connectivity index (χ4v) is 3.52. The van der Waals surface area contributed by atoms with E-state index in [2.05, 4.69) is 30.5 Å². The van der Waals surface area contributed by atoms with Crippen molar-refractivity contribution in [1.82, 2.24) is 15.0 Å². The van der Waals surface area contributed by atoms with Crippen LogP contribution in [0, 0.1) is 0 Å². The van der Waals surface area contributed by atoms with Crippen LogP contribution in [0.3, 0.4) is 0 Å². The van der Waals surface area contributed by atoms with Crippen LogP contribution < -0.4 is 15.5 Å². The maximum Gasteiger partial charge on any atom is 0.258 e. The molecule has 3 aromatic rings. The molecule has 0 radical (unpaired) electrons. The van der Waals surface area contributed by atoms with Gasteiger partial charge in [0.1, 0.15) is 11.6 Å². The normalized spacial score (nSPS) is 13.7. The first-order valence-corrected chi connectivity index (χ1v) is 10.00. The minimum absolute atomic E-state index is 0.220. The van der Waals surface area contributed by atoms with Gasteiger partial charge in [-0.1, -0.05) is 29.3 Å². The van der Waals surface area contributed by atoms with E-state index < -0.39 is 5.91 Å². The van der Waals surface area contributed by atoms with Gasteiger partial charge in [-0.15, -0.1) is 0 Å². The Balaban J connectivity index is 1.48. The molecule has 0 spiro atoms. The number of carbonyl (C=O) groups excluding carboxylic acids is 1. The molecule has 30 heavy (non-hydrogen) atoms. The number of nitrogens with one attached hydrogen (secondary N) is 2. The average Bonchev–Trinajstić information content (AvgIpc) is 2.75. The zero-order chi connectivity index (χ0) is 20.9. The SMILES string of the molecule is O=C(Nc1ccnc(Nc2ccnc(N3CCOCC3)n2)c1)c1c(Cl)cccc1Cl. The summed E-state index contributed by atoms with van der Waals surface area (Å²) in [5, 5.41) is 6.49. The van der Waals surface area contributed by atoms with Gasteiger partial charge in [-0.25, -0.2) is 9.97 Å². The lowest BCUT2D eigenvalue weighted by molar-refractivity contribution is 0.102. The molecule has 1 aliphatic heterocycles. The molecule has 1 amide bonds. The van der Waals surface area contributed by atoms with Gasteiger partial charge in [0, 0.05) is 37.2 Å². The summed E-state index contributed by atoms with van der Waals surface area (Å²) in [6, 6.07) is 10.0. The summed E-state index contributed by atoms with van der Waals surface area (Å²) < 4.78 is 5.36. The Bertz CT molecular complexity index is 1040. The molecule has 0 saturated carbocycles. The number of benzene rings is 1. The van der Waals surface area contributed by atoms with Crippen LogP contribution in [-0.2, 0) is 4.74 Å². The highest BCUT2D eigenvalue weighted by Crippen LogP contribution is 2.26. The average molecular weight is 445 g/mol. The molecule has 0 aliphatic carbocycles. The summed E-state index contributed by atoms with van der Waals surface area (Å²) >= 11 is 12.2. The van der Waals surface area contributed by atoms with Crippen molar-refractivity contribution < 1.29 is 9.53 Å². The Morgan fingerprint density at radius 3 is 2.50 bits per heavy atom. The van der Waals surface area contributed by atoms with Crippen LogP contribution in [-0.4, -0.2) is 47.2 Å². The van der Waals surface area contributed by atoms with Gasteiger partial charge in [-0.05, 0) is 24.3 Å². The largest absolute Gasteiger partial charge is 0.378 e. The lowest BCUT2D eigenvalue weighted by Crippen LogP contribution is -2.37. The summed E-state index contributed by atoms with van der Waals surface area (Å²) in [7, 11) is 0. The molecule has 10 heteroatoms.